The zero-order valence-electron chi connectivity index (χ0n) is 10.2. The Bertz CT molecular complexity index is 604. The molecule has 3 nitrogen and oxygen atoms in total. The third-order valence-corrected chi connectivity index (χ3v) is 4.00. The molecule has 2 aromatic carbocycles. The summed E-state index contributed by atoms with van der Waals surface area (Å²) in [7, 11) is 0. The van der Waals surface area contributed by atoms with E-state index in [9.17, 15) is 10.2 Å². The third-order valence-electron chi connectivity index (χ3n) is 2.78. The Morgan fingerprint density at radius 2 is 1.89 bits per heavy atom. The van der Waals surface area contributed by atoms with Crippen LogP contribution in [0, 0.1) is 0 Å². The summed E-state index contributed by atoms with van der Waals surface area (Å²) >= 11 is 9.30. The lowest BCUT2D eigenvalue weighted by molar-refractivity contribution is 0.444. The monoisotopic (exact) mass is 341 g/mol. The Labute approximate surface area is 125 Å². The van der Waals surface area contributed by atoms with Gasteiger partial charge in [-0.2, -0.15) is 0 Å². The lowest BCUT2D eigenvalue weighted by Crippen LogP contribution is -2.06. The number of nitrogens with one attached hydrogen (secondary N) is 1. The van der Waals surface area contributed by atoms with Crippen LogP contribution < -0.4 is 5.32 Å². The van der Waals surface area contributed by atoms with Crippen molar-refractivity contribution in [1.82, 2.24) is 0 Å². The molecule has 0 aromatic heterocycles. The predicted molar refractivity (Wildman–Crippen MR) is 81.0 cm³/mol. The van der Waals surface area contributed by atoms with E-state index in [-0.39, 0.29) is 17.5 Å². The second kappa shape index (κ2) is 5.72. The van der Waals surface area contributed by atoms with Crippen molar-refractivity contribution in [2.24, 2.45) is 0 Å². The molecule has 19 heavy (non-hydrogen) atoms. The van der Waals surface area contributed by atoms with Crippen LogP contribution in [0.4, 0.5) is 5.69 Å². The molecule has 5 heteroatoms. The molecule has 0 bridgehead atoms. The molecule has 0 radical (unpaired) electrons. The topological polar surface area (TPSA) is 52.5 Å². The number of phenols is 2. The maximum atomic E-state index is 9.81. The van der Waals surface area contributed by atoms with Crippen LogP contribution in [0.3, 0.4) is 0 Å². The van der Waals surface area contributed by atoms with Gasteiger partial charge in [0.15, 0.2) is 0 Å². The van der Waals surface area contributed by atoms with Gasteiger partial charge in [0.25, 0.3) is 0 Å². The van der Waals surface area contributed by atoms with Crippen molar-refractivity contribution < 1.29 is 10.2 Å². The van der Waals surface area contributed by atoms with Gasteiger partial charge in [-0.05, 0) is 53.2 Å². The summed E-state index contributed by atoms with van der Waals surface area (Å²) in [4.78, 5) is 0. The fourth-order valence-electron chi connectivity index (χ4n) is 1.81. The molecule has 0 aliphatic rings. The van der Waals surface area contributed by atoms with Crippen LogP contribution >= 0.6 is 27.5 Å². The molecule has 0 saturated carbocycles. The molecule has 0 aliphatic heterocycles. The zero-order valence-corrected chi connectivity index (χ0v) is 12.5. The van der Waals surface area contributed by atoms with E-state index < -0.39 is 0 Å². The molecule has 1 atom stereocenters. The van der Waals surface area contributed by atoms with Gasteiger partial charge in [-0.1, -0.05) is 11.6 Å². The van der Waals surface area contributed by atoms with E-state index in [0.717, 1.165) is 10.2 Å². The number of anilines is 1. The number of phenolic OH excluding ortho intramolecular Hbond substituents is 2. The second-order valence-corrected chi connectivity index (χ2v) is 5.50. The smallest absolute Gasteiger partial charge is 0.124 e. The van der Waals surface area contributed by atoms with E-state index in [1.807, 2.05) is 19.1 Å². The maximum Gasteiger partial charge on any atom is 0.124 e. The molecule has 0 saturated heterocycles. The molecule has 2 aromatic rings. The minimum atomic E-state index is -0.103. The number of benzene rings is 2. The van der Waals surface area contributed by atoms with Crippen molar-refractivity contribution in [2.45, 2.75) is 13.0 Å². The van der Waals surface area contributed by atoms with Crippen LogP contribution in [0.15, 0.2) is 40.9 Å². The van der Waals surface area contributed by atoms with Crippen molar-refractivity contribution in [3.05, 3.63) is 51.5 Å². The first-order valence-electron chi connectivity index (χ1n) is 5.71. The number of hydrogen-bond acceptors (Lipinski definition) is 3. The van der Waals surface area contributed by atoms with Crippen LogP contribution in [0.25, 0.3) is 0 Å². The minimum Gasteiger partial charge on any atom is -0.508 e. The van der Waals surface area contributed by atoms with Crippen molar-refractivity contribution >= 4 is 33.2 Å². The largest absolute Gasteiger partial charge is 0.508 e. The maximum absolute atomic E-state index is 9.81. The zero-order chi connectivity index (χ0) is 14.0. The average Bonchev–Trinajstić information content (AvgIpc) is 2.33. The van der Waals surface area contributed by atoms with E-state index in [1.165, 1.54) is 6.07 Å². The summed E-state index contributed by atoms with van der Waals surface area (Å²) in [6.07, 6.45) is 0. The molecule has 3 N–H and O–H groups in total. The van der Waals surface area contributed by atoms with Gasteiger partial charge in [-0.3, -0.25) is 0 Å². The predicted octanol–water partition coefficient (Wildman–Crippen LogP) is 4.69. The van der Waals surface area contributed by atoms with E-state index in [2.05, 4.69) is 21.2 Å². The minimum absolute atomic E-state index is 0.0442. The highest BCUT2D eigenvalue weighted by atomic mass is 79.9. The van der Waals surface area contributed by atoms with Crippen LogP contribution in [0.5, 0.6) is 11.5 Å². The molecule has 0 aliphatic carbocycles. The first-order chi connectivity index (χ1) is 8.97. The van der Waals surface area contributed by atoms with Crippen molar-refractivity contribution in [2.75, 3.05) is 5.32 Å². The van der Waals surface area contributed by atoms with Gasteiger partial charge in [-0.25, -0.2) is 0 Å². The van der Waals surface area contributed by atoms with E-state index in [1.54, 1.807) is 18.2 Å². The molecule has 2 rings (SSSR count). The average molecular weight is 343 g/mol. The number of hydrogen-bond donors (Lipinski definition) is 3. The number of halogens is 2. The van der Waals surface area contributed by atoms with Gasteiger partial charge >= 0.3 is 0 Å². The lowest BCUT2D eigenvalue weighted by atomic mass is 10.1. The molecule has 1 unspecified atom stereocenters. The van der Waals surface area contributed by atoms with Crippen molar-refractivity contribution in [3.63, 3.8) is 0 Å². The Morgan fingerprint density at radius 3 is 2.53 bits per heavy atom. The second-order valence-electron chi connectivity index (χ2n) is 4.24. The van der Waals surface area contributed by atoms with E-state index >= 15 is 0 Å². The van der Waals surface area contributed by atoms with Gasteiger partial charge in [0.1, 0.15) is 11.5 Å². The molecule has 100 valence electrons. The van der Waals surface area contributed by atoms with Crippen molar-refractivity contribution in [1.29, 1.82) is 0 Å². The Hall–Kier alpha value is -1.39. The molecule has 0 amide bonds. The SMILES string of the molecule is CC(Nc1ccc(Cl)c(Br)c1)c1ccc(O)cc1O. The first-order valence-corrected chi connectivity index (χ1v) is 6.88. The van der Waals surface area contributed by atoms with Crippen molar-refractivity contribution in [3.8, 4) is 11.5 Å². The Kier molecular flexibility index (Phi) is 4.22. The van der Waals surface area contributed by atoms with Gasteiger partial charge < -0.3 is 15.5 Å². The number of rotatable bonds is 3. The Morgan fingerprint density at radius 1 is 1.16 bits per heavy atom. The Balaban J connectivity index is 2.20. The lowest BCUT2D eigenvalue weighted by Gasteiger charge is -2.17. The van der Waals surface area contributed by atoms with Gasteiger partial charge in [0.05, 0.1) is 11.1 Å². The van der Waals surface area contributed by atoms with Gasteiger partial charge in [0, 0.05) is 21.8 Å². The fourth-order valence-corrected chi connectivity index (χ4v) is 2.31. The molecular formula is C14H13BrClNO2. The van der Waals surface area contributed by atoms with Crippen LogP contribution in [-0.4, -0.2) is 10.2 Å². The molecule has 0 fully saturated rings. The van der Waals surface area contributed by atoms with E-state index in [4.69, 9.17) is 11.6 Å². The van der Waals surface area contributed by atoms with Gasteiger partial charge in [0.2, 0.25) is 0 Å². The van der Waals surface area contributed by atoms with E-state index in [0.29, 0.717) is 10.6 Å². The number of aromatic hydroxyl groups is 2. The summed E-state index contributed by atoms with van der Waals surface area (Å²) in [5.41, 5.74) is 1.60. The summed E-state index contributed by atoms with van der Waals surface area (Å²) in [5, 5.41) is 23.0. The molecular weight excluding hydrogens is 330 g/mol. The summed E-state index contributed by atoms with van der Waals surface area (Å²) in [5.74, 6) is 0.107. The van der Waals surface area contributed by atoms with Crippen LogP contribution in [0.2, 0.25) is 5.02 Å². The van der Waals surface area contributed by atoms with Crippen LogP contribution in [0.1, 0.15) is 18.5 Å². The highest BCUT2D eigenvalue weighted by Gasteiger charge is 2.11. The summed E-state index contributed by atoms with van der Waals surface area (Å²) < 4.78 is 0.807. The standard InChI is InChI=1S/C14H13BrClNO2/c1-8(11-4-3-10(18)7-14(11)19)17-9-2-5-13(16)12(15)6-9/h2-8,17-19H,1H3. The normalized spacial score (nSPS) is 12.2. The highest BCUT2D eigenvalue weighted by molar-refractivity contribution is 9.10. The first kappa shape index (κ1) is 14.0. The third kappa shape index (κ3) is 3.33. The fraction of sp³-hybridized carbons (Fsp3) is 0.143. The highest BCUT2D eigenvalue weighted by Crippen LogP contribution is 2.31. The summed E-state index contributed by atoms with van der Waals surface area (Å²) in [6, 6.07) is 9.98. The molecule has 0 spiro atoms. The molecule has 0 heterocycles. The van der Waals surface area contributed by atoms with Crippen LogP contribution in [-0.2, 0) is 0 Å². The summed E-state index contributed by atoms with van der Waals surface area (Å²) in [6.45, 7) is 1.93. The van der Waals surface area contributed by atoms with Gasteiger partial charge in [-0.15, -0.1) is 0 Å². The quantitative estimate of drug-likeness (QED) is 0.758.